The van der Waals surface area contributed by atoms with E-state index in [0.717, 1.165) is 50.5 Å². The standard InChI is InChI=1S/C18H33N5O.HI/c1-5-19-18(22(4)10-11-24-14-16-6-7-16)21-12-17-20-8-9-23(17)13-15(2)3;/h8-9,15-16H,5-7,10-14H2,1-4H3,(H,19,21);1H. The summed E-state index contributed by atoms with van der Waals surface area (Å²) in [6.07, 6.45) is 6.56. The molecule has 1 aliphatic rings. The first-order valence-electron chi connectivity index (χ1n) is 9.17. The predicted molar refractivity (Wildman–Crippen MR) is 113 cm³/mol. The molecule has 1 aromatic rings. The Morgan fingerprint density at radius 1 is 1.48 bits per heavy atom. The van der Waals surface area contributed by atoms with E-state index in [1.165, 1.54) is 12.8 Å². The van der Waals surface area contributed by atoms with E-state index >= 15 is 0 Å². The fourth-order valence-corrected chi connectivity index (χ4v) is 2.51. The third kappa shape index (κ3) is 8.40. The maximum atomic E-state index is 5.73. The Morgan fingerprint density at radius 3 is 2.88 bits per heavy atom. The zero-order valence-corrected chi connectivity index (χ0v) is 18.4. The largest absolute Gasteiger partial charge is 0.379 e. The van der Waals surface area contributed by atoms with Crippen molar-refractivity contribution in [2.75, 3.05) is 33.4 Å². The summed E-state index contributed by atoms with van der Waals surface area (Å²) in [5, 5.41) is 3.35. The van der Waals surface area contributed by atoms with E-state index in [1.807, 2.05) is 12.4 Å². The lowest BCUT2D eigenvalue weighted by atomic mass is 10.2. The molecule has 7 heteroatoms. The molecule has 0 amide bonds. The van der Waals surface area contributed by atoms with E-state index < -0.39 is 0 Å². The van der Waals surface area contributed by atoms with Crippen LogP contribution in [0.2, 0.25) is 0 Å². The van der Waals surface area contributed by atoms with Crippen molar-refractivity contribution in [2.24, 2.45) is 16.8 Å². The second-order valence-electron chi connectivity index (χ2n) is 7.00. The van der Waals surface area contributed by atoms with Crippen LogP contribution in [0.3, 0.4) is 0 Å². The molecule has 1 N–H and O–H groups in total. The van der Waals surface area contributed by atoms with Gasteiger partial charge in [0.2, 0.25) is 0 Å². The second-order valence-corrected chi connectivity index (χ2v) is 7.00. The minimum absolute atomic E-state index is 0. The fraction of sp³-hybridized carbons (Fsp3) is 0.778. The Kier molecular flexibility index (Phi) is 10.4. The van der Waals surface area contributed by atoms with Crippen LogP contribution >= 0.6 is 24.0 Å². The van der Waals surface area contributed by atoms with Crippen LogP contribution in [-0.2, 0) is 17.8 Å². The molecule has 1 aromatic heterocycles. The van der Waals surface area contributed by atoms with Gasteiger partial charge in [0.1, 0.15) is 12.4 Å². The SMILES string of the molecule is CCNC(=NCc1nccn1CC(C)C)N(C)CCOCC1CC1.I. The summed E-state index contributed by atoms with van der Waals surface area (Å²) in [5.41, 5.74) is 0. The van der Waals surface area contributed by atoms with Gasteiger partial charge >= 0.3 is 0 Å². The highest BCUT2D eigenvalue weighted by molar-refractivity contribution is 14.0. The maximum absolute atomic E-state index is 5.73. The highest BCUT2D eigenvalue weighted by atomic mass is 127. The number of hydrogen-bond acceptors (Lipinski definition) is 3. The highest BCUT2D eigenvalue weighted by Gasteiger charge is 2.21. The zero-order valence-electron chi connectivity index (χ0n) is 16.1. The monoisotopic (exact) mass is 463 g/mol. The van der Waals surface area contributed by atoms with Gasteiger partial charge in [-0.05, 0) is 31.6 Å². The number of rotatable bonds is 10. The number of aliphatic imine (C=N–C) groups is 1. The molecule has 0 atom stereocenters. The van der Waals surface area contributed by atoms with Crippen molar-refractivity contribution in [1.82, 2.24) is 19.8 Å². The number of guanidine groups is 1. The molecule has 1 aliphatic carbocycles. The molecule has 1 fully saturated rings. The Balaban J connectivity index is 0.00000312. The molecule has 25 heavy (non-hydrogen) atoms. The molecule has 0 saturated heterocycles. The lowest BCUT2D eigenvalue weighted by Crippen LogP contribution is -2.40. The molecule has 0 aromatic carbocycles. The van der Waals surface area contributed by atoms with Crippen LogP contribution in [0.15, 0.2) is 17.4 Å². The Labute approximate surface area is 169 Å². The van der Waals surface area contributed by atoms with Gasteiger partial charge in [-0.1, -0.05) is 13.8 Å². The molecule has 6 nitrogen and oxygen atoms in total. The van der Waals surface area contributed by atoms with Gasteiger partial charge in [0, 0.05) is 45.7 Å². The summed E-state index contributed by atoms with van der Waals surface area (Å²) in [6, 6.07) is 0. The summed E-state index contributed by atoms with van der Waals surface area (Å²) in [5.74, 6) is 3.34. The molecule has 0 aliphatic heterocycles. The van der Waals surface area contributed by atoms with E-state index in [4.69, 9.17) is 9.73 Å². The van der Waals surface area contributed by atoms with Crippen LogP contribution in [0, 0.1) is 11.8 Å². The minimum atomic E-state index is 0. The molecule has 144 valence electrons. The van der Waals surface area contributed by atoms with Gasteiger partial charge < -0.3 is 19.5 Å². The number of hydrogen-bond donors (Lipinski definition) is 1. The van der Waals surface area contributed by atoms with Gasteiger partial charge in [-0.15, -0.1) is 24.0 Å². The average Bonchev–Trinajstić information content (AvgIpc) is 3.27. The van der Waals surface area contributed by atoms with Crippen molar-refractivity contribution in [3.63, 3.8) is 0 Å². The third-order valence-electron chi connectivity index (χ3n) is 4.05. The zero-order chi connectivity index (χ0) is 17.4. The first-order chi connectivity index (χ1) is 11.6. The smallest absolute Gasteiger partial charge is 0.194 e. The molecule has 0 radical (unpaired) electrons. The number of nitrogens with zero attached hydrogens (tertiary/aromatic N) is 4. The second kappa shape index (κ2) is 11.7. The Hall–Kier alpha value is -0.830. The molecule has 0 unspecified atom stereocenters. The highest BCUT2D eigenvalue weighted by Crippen LogP contribution is 2.28. The minimum Gasteiger partial charge on any atom is -0.379 e. The normalized spacial score (nSPS) is 14.5. The average molecular weight is 463 g/mol. The maximum Gasteiger partial charge on any atom is 0.194 e. The van der Waals surface area contributed by atoms with Crippen molar-refractivity contribution in [3.8, 4) is 0 Å². The molecule has 2 rings (SSSR count). The van der Waals surface area contributed by atoms with Crippen LogP contribution in [-0.4, -0.2) is 53.8 Å². The van der Waals surface area contributed by atoms with Crippen LogP contribution < -0.4 is 5.32 Å². The van der Waals surface area contributed by atoms with Crippen molar-refractivity contribution in [2.45, 2.75) is 46.7 Å². The van der Waals surface area contributed by atoms with E-state index in [9.17, 15) is 0 Å². The van der Waals surface area contributed by atoms with Crippen molar-refractivity contribution < 1.29 is 4.74 Å². The molecular weight excluding hydrogens is 429 g/mol. The topological polar surface area (TPSA) is 54.7 Å². The van der Waals surface area contributed by atoms with Crippen molar-refractivity contribution in [1.29, 1.82) is 0 Å². The van der Waals surface area contributed by atoms with Gasteiger partial charge in [0.25, 0.3) is 0 Å². The number of halogens is 1. The summed E-state index contributed by atoms with van der Waals surface area (Å²) in [4.78, 5) is 11.3. The van der Waals surface area contributed by atoms with Crippen LogP contribution in [0.1, 0.15) is 39.4 Å². The van der Waals surface area contributed by atoms with Gasteiger partial charge in [-0.25, -0.2) is 9.98 Å². The van der Waals surface area contributed by atoms with Gasteiger partial charge in [-0.2, -0.15) is 0 Å². The number of imidazole rings is 1. The summed E-state index contributed by atoms with van der Waals surface area (Å²) in [7, 11) is 2.06. The molecular formula is C18H34IN5O. The van der Waals surface area contributed by atoms with Crippen LogP contribution in [0.5, 0.6) is 0 Å². The Morgan fingerprint density at radius 2 is 2.24 bits per heavy atom. The first kappa shape index (κ1) is 22.2. The fourth-order valence-electron chi connectivity index (χ4n) is 2.51. The molecule has 0 spiro atoms. The number of likely N-dealkylation sites (N-methyl/N-ethyl adjacent to an activating group) is 1. The summed E-state index contributed by atoms with van der Waals surface area (Å²) in [6.45, 7) is 11.5. The molecule has 1 saturated carbocycles. The van der Waals surface area contributed by atoms with Crippen LogP contribution in [0.25, 0.3) is 0 Å². The first-order valence-corrected chi connectivity index (χ1v) is 9.17. The lowest BCUT2D eigenvalue weighted by Gasteiger charge is -2.22. The van der Waals surface area contributed by atoms with Gasteiger partial charge in [0.15, 0.2) is 5.96 Å². The van der Waals surface area contributed by atoms with E-state index in [-0.39, 0.29) is 24.0 Å². The number of aromatic nitrogens is 2. The summed E-state index contributed by atoms with van der Waals surface area (Å²) < 4.78 is 7.92. The predicted octanol–water partition coefficient (Wildman–Crippen LogP) is 2.98. The van der Waals surface area contributed by atoms with Gasteiger partial charge in [0.05, 0.1) is 6.61 Å². The molecule has 0 bridgehead atoms. The number of nitrogens with one attached hydrogen (secondary N) is 1. The van der Waals surface area contributed by atoms with Gasteiger partial charge in [-0.3, -0.25) is 0 Å². The lowest BCUT2D eigenvalue weighted by molar-refractivity contribution is 0.115. The van der Waals surface area contributed by atoms with Crippen molar-refractivity contribution in [3.05, 3.63) is 18.2 Å². The van der Waals surface area contributed by atoms with E-state index in [1.54, 1.807) is 0 Å². The molecule has 1 heterocycles. The number of ether oxygens (including phenoxy) is 1. The van der Waals surface area contributed by atoms with Crippen LogP contribution in [0.4, 0.5) is 0 Å². The summed E-state index contributed by atoms with van der Waals surface area (Å²) >= 11 is 0. The quantitative estimate of drug-likeness (QED) is 0.251. The van der Waals surface area contributed by atoms with E-state index in [2.05, 4.69) is 47.6 Å². The van der Waals surface area contributed by atoms with E-state index in [0.29, 0.717) is 12.5 Å². The third-order valence-corrected chi connectivity index (χ3v) is 4.05. The van der Waals surface area contributed by atoms with Crippen molar-refractivity contribution >= 4 is 29.9 Å². The Bertz CT molecular complexity index is 513.